The summed E-state index contributed by atoms with van der Waals surface area (Å²) in [6, 6.07) is 0.330. The summed E-state index contributed by atoms with van der Waals surface area (Å²) in [5, 5.41) is 6.85. The number of aliphatic imine (C=N–C) groups is 1. The van der Waals surface area contributed by atoms with Gasteiger partial charge in [-0.15, -0.1) is 0 Å². The Balaban J connectivity index is 1.71. The SMILES string of the molecule is CCNC(=NCCCC1CCCCC1)NC1CCN(C(=O)CC)C1. The van der Waals surface area contributed by atoms with Crippen LogP contribution in [0.15, 0.2) is 4.99 Å². The highest BCUT2D eigenvalue weighted by molar-refractivity contribution is 5.80. The third kappa shape index (κ3) is 6.33. The minimum Gasteiger partial charge on any atom is -0.357 e. The first-order valence-electron chi connectivity index (χ1n) is 10.1. The van der Waals surface area contributed by atoms with Gasteiger partial charge in [0.15, 0.2) is 5.96 Å². The molecule has 2 fully saturated rings. The molecule has 1 aliphatic heterocycles. The van der Waals surface area contributed by atoms with Crippen molar-refractivity contribution in [1.29, 1.82) is 0 Å². The molecule has 1 amide bonds. The zero-order valence-corrected chi connectivity index (χ0v) is 15.6. The molecule has 2 rings (SSSR count). The summed E-state index contributed by atoms with van der Waals surface area (Å²) in [6.07, 6.45) is 11.2. The molecule has 0 aromatic carbocycles. The summed E-state index contributed by atoms with van der Waals surface area (Å²) >= 11 is 0. The predicted molar refractivity (Wildman–Crippen MR) is 100 cm³/mol. The number of nitrogens with one attached hydrogen (secondary N) is 2. The summed E-state index contributed by atoms with van der Waals surface area (Å²) in [5.41, 5.74) is 0. The van der Waals surface area contributed by atoms with Crippen LogP contribution in [0.4, 0.5) is 0 Å². The first-order chi connectivity index (χ1) is 11.7. The molecule has 24 heavy (non-hydrogen) atoms. The Morgan fingerprint density at radius 1 is 1.17 bits per heavy atom. The van der Waals surface area contributed by atoms with Crippen LogP contribution in [-0.4, -0.2) is 49.0 Å². The molecule has 138 valence electrons. The summed E-state index contributed by atoms with van der Waals surface area (Å²) in [7, 11) is 0. The van der Waals surface area contributed by atoms with Gasteiger partial charge in [0.25, 0.3) is 0 Å². The molecule has 1 unspecified atom stereocenters. The topological polar surface area (TPSA) is 56.7 Å². The van der Waals surface area contributed by atoms with Crippen LogP contribution in [0.25, 0.3) is 0 Å². The maximum atomic E-state index is 11.8. The Bertz CT molecular complexity index is 404. The molecule has 0 aromatic rings. The number of hydrogen-bond donors (Lipinski definition) is 2. The number of guanidine groups is 1. The van der Waals surface area contributed by atoms with Crippen molar-refractivity contribution >= 4 is 11.9 Å². The van der Waals surface area contributed by atoms with Gasteiger partial charge in [-0.2, -0.15) is 0 Å². The fraction of sp³-hybridized carbons (Fsp3) is 0.895. The van der Waals surface area contributed by atoms with Gasteiger partial charge < -0.3 is 15.5 Å². The largest absolute Gasteiger partial charge is 0.357 e. The van der Waals surface area contributed by atoms with Gasteiger partial charge in [-0.1, -0.05) is 39.0 Å². The highest BCUT2D eigenvalue weighted by Gasteiger charge is 2.25. The van der Waals surface area contributed by atoms with Crippen molar-refractivity contribution < 1.29 is 4.79 Å². The first kappa shape index (κ1) is 19.1. The van der Waals surface area contributed by atoms with E-state index >= 15 is 0 Å². The number of carbonyl (C=O) groups excluding carboxylic acids is 1. The molecule has 0 aromatic heterocycles. The van der Waals surface area contributed by atoms with Crippen molar-refractivity contribution in [2.45, 2.75) is 77.7 Å². The van der Waals surface area contributed by atoms with Crippen LogP contribution in [-0.2, 0) is 4.79 Å². The lowest BCUT2D eigenvalue weighted by atomic mass is 9.86. The van der Waals surface area contributed by atoms with Crippen molar-refractivity contribution in [3.63, 3.8) is 0 Å². The highest BCUT2D eigenvalue weighted by Crippen LogP contribution is 2.27. The van der Waals surface area contributed by atoms with Crippen molar-refractivity contribution in [2.75, 3.05) is 26.2 Å². The molecule has 2 aliphatic rings. The Hall–Kier alpha value is -1.26. The lowest BCUT2D eigenvalue weighted by Gasteiger charge is -2.21. The molecule has 1 atom stereocenters. The van der Waals surface area contributed by atoms with E-state index in [1.165, 1.54) is 44.9 Å². The lowest BCUT2D eigenvalue weighted by molar-refractivity contribution is -0.129. The van der Waals surface area contributed by atoms with E-state index in [1.54, 1.807) is 0 Å². The third-order valence-electron chi connectivity index (χ3n) is 5.29. The van der Waals surface area contributed by atoms with E-state index in [0.29, 0.717) is 12.5 Å². The number of amides is 1. The first-order valence-corrected chi connectivity index (χ1v) is 10.1. The van der Waals surface area contributed by atoms with Crippen LogP contribution in [0.2, 0.25) is 0 Å². The molecule has 0 spiro atoms. The van der Waals surface area contributed by atoms with Gasteiger partial charge in [0.2, 0.25) is 5.91 Å². The highest BCUT2D eigenvalue weighted by atomic mass is 16.2. The van der Waals surface area contributed by atoms with Gasteiger partial charge in [0, 0.05) is 38.6 Å². The maximum Gasteiger partial charge on any atom is 0.222 e. The number of carbonyl (C=O) groups is 1. The Kier molecular flexibility index (Phi) is 8.40. The maximum absolute atomic E-state index is 11.8. The lowest BCUT2D eigenvalue weighted by Crippen LogP contribution is -2.45. The number of likely N-dealkylation sites (tertiary alicyclic amines) is 1. The van der Waals surface area contributed by atoms with Gasteiger partial charge in [0.05, 0.1) is 0 Å². The van der Waals surface area contributed by atoms with Crippen LogP contribution in [0.1, 0.15) is 71.6 Å². The number of hydrogen-bond acceptors (Lipinski definition) is 2. The zero-order valence-electron chi connectivity index (χ0n) is 15.6. The second kappa shape index (κ2) is 10.6. The summed E-state index contributed by atoms with van der Waals surface area (Å²) in [5.74, 6) is 2.11. The Morgan fingerprint density at radius 3 is 2.67 bits per heavy atom. The van der Waals surface area contributed by atoms with Crippen molar-refractivity contribution in [1.82, 2.24) is 15.5 Å². The normalized spacial score (nSPS) is 22.7. The molecule has 5 nitrogen and oxygen atoms in total. The quantitative estimate of drug-likeness (QED) is 0.427. The Labute approximate surface area is 147 Å². The molecule has 1 heterocycles. The smallest absolute Gasteiger partial charge is 0.222 e. The van der Waals surface area contributed by atoms with Crippen LogP contribution in [0.3, 0.4) is 0 Å². The monoisotopic (exact) mass is 336 g/mol. The molecule has 0 bridgehead atoms. The number of rotatable bonds is 7. The summed E-state index contributed by atoms with van der Waals surface area (Å²) in [6.45, 7) is 7.47. The van der Waals surface area contributed by atoms with Crippen LogP contribution in [0.5, 0.6) is 0 Å². The second-order valence-corrected chi connectivity index (χ2v) is 7.23. The molecular weight excluding hydrogens is 300 g/mol. The van der Waals surface area contributed by atoms with Gasteiger partial charge in [-0.3, -0.25) is 9.79 Å². The van der Waals surface area contributed by atoms with Crippen LogP contribution in [0, 0.1) is 5.92 Å². The van der Waals surface area contributed by atoms with Crippen molar-refractivity contribution in [3.8, 4) is 0 Å². The number of nitrogens with zero attached hydrogens (tertiary/aromatic N) is 2. The average molecular weight is 337 g/mol. The van der Waals surface area contributed by atoms with E-state index in [9.17, 15) is 4.79 Å². The average Bonchev–Trinajstić information content (AvgIpc) is 3.07. The van der Waals surface area contributed by atoms with E-state index in [0.717, 1.165) is 44.5 Å². The minimum absolute atomic E-state index is 0.258. The van der Waals surface area contributed by atoms with Crippen molar-refractivity contribution in [2.24, 2.45) is 10.9 Å². The predicted octanol–water partition coefficient (Wildman–Crippen LogP) is 2.91. The molecule has 5 heteroatoms. The van der Waals surface area contributed by atoms with E-state index in [1.807, 2.05) is 11.8 Å². The van der Waals surface area contributed by atoms with Gasteiger partial charge in [-0.05, 0) is 32.1 Å². The second-order valence-electron chi connectivity index (χ2n) is 7.23. The van der Waals surface area contributed by atoms with Gasteiger partial charge in [-0.25, -0.2) is 0 Å². The fourth-order valence-electron chi connectivity index (χ4n) is 3.89. The van der Waals surface area contributed by atoms with Crippen LogP contribution >= 0.6 is 0 Å². The Morgan fingerprint density at radius 2 is 1.96 bits per heavy atom. The van der Waals surface area contributed by atoms with Gasteiger partial charge >= 0.3 is 0 Å². The molecule has 2 N–H and O–H groups in total. The standard InChI is InChI=1S/C19H36N4O/c1-3-18(24)23-14-12-17(15-23)22-19(20-4-2)21-13-8-11-16-9-6-5-7-10-16/h16-17H,3-15H2,1-2H3,(H2,20,21,22). The van der Waals surface area contributed by atoms with Crippen molar-refractivity contribution in [3.05, 3.63) is 0 Å². The van der Waals surface area contributed by atoms with E-state index in [4.69, 9.17) is 4.99 Å². The molecular formula is C19H36N4O. The summed E-state index contributed by atoms with van der Waals surface area (Å²) in [4.78, 5) is 18.5. The van der Waals surface area contributed by atoms with Gasteiger partial charge in [0.1, 0.15) is 0 Å². The summed E-state index contributed by atoms with van der Waals surface area (Å²) < 4.78 is 0. The minimum atomic E-state index is 0.258. The third-order valence-corrected chi connectivity index (χ3v) is 5.29. The molecule has 1 saturated heterocycles. The van der Waals surface area contributed by atoms with E-state index in [-0.39, 0.29) is 5.91 Å². The van der Waals surface area contributed by atoms with E-state index in [2.05, 4.69) is 17.6 Å². The molecule has 1 aliphatic carbocycles. The van der Waals surface area contributed by atoms with Crippen LogP contribution < -0.4 is 10.6 Å². The van der Waals surface area contributed by atoms with E-state index < -0.39 is 0 Å². The molecule has 1 saturated carbocycles. The fourth-order valence-corrected chi connectivity index (χ4v) is 3.89. The zero-order chi connectivity index (χ0) is 17.2. The molecule has 0 radical (unpaired) electrons.